The molecular weight excluding hydrogens is 174 g/mol. The lowest BCUT2D eigenvalue weighted by Gasteiger charge is -2.11. The molecule has 0 unspecified atom stereocenters. The van der Waals surface area contributed by atoms with Crippen molar-refractivity contribution in [2.75, 3.05) is 7.05 Å². The van der Waals surface area contributed by atoms with Gasteiger partial charge in [0, 0.05) is 0 Å². The molecule has 0 aliphatic heterocycles. The summed E-state index contributed by atoms with van der Waals surface area (Å²) >= 11 is 0. The van der Waals surface area contributed by atoms with Gasteiger partial charge < -0.3 is 0 Å². The summed E-state index contributed by atoms with van der Waals surface area (Å²) in [4.78, 5) is 0.427. The van der Waals surface area contributed by atoms with Crippen LogP contribution in [0.5, 0.6) is 0 Å². The van der Waals surface area contributed by atoms with Gasteiger partial charge in [0.05, 0.1) is 4.91 Å². The molecule has 0 heterocycles. The van der Waals surface area contributed by atoms with Gasteiger partial charge in [0.2, 0.25) is 10.0 Å². The first-order chi connectivity index (χ1) is 5.58. The molecule has 3 nitrogen and oxygen atoms in total. The lowest BCUT2D eigenvalue weighted by atomic mass is 10.1. The molecule has 68 valence electrons. The van der Waals surface area contributed by atoms with Gasteiger partial charge in [-0.1, -0.05) is 11.6 Å². The van der Waals surface area contributed by atoms with Gasteiger partial charge >= 0.3 is 0 Å². The highest BCUT2D eigenvalue weighted by atomic mass is 32.2. The summed E-state index contributed by atoms with van der Waals surface area (Å²) in [5, 5.41) is 0. The number of hydrogen-bond donors (Lipinski definition) is 1. The first kappa shape index (κ1) is 9.48. The Bertz CT molecular complexity index is 325. The molecule has 0 amide bonds. The minimum Gasteiger partial charge on any atom is -0.214 e. The predicted molar refractivity (Wildman–Crippen MR) is 49.1 cm³/mol. The molecule has 0 atom stereocenters. The second kappa shape index (κ2) is 3.41. The number of rotatable bonds is 2. The van der Waals surface area contributed by atoms with Crippen LogP contribution in [-0.2, 0) is 10.0 Å². The molecule has 4 heteroatoms. The predicted octanol–water partition coefficient (Wildman–Crippen LogP) is 1.16. The molecule has 0 radical (unpaired) electrons. The SMILES string of the molecule is CNS(=O)(=O)C1=C(C)CCC=C1. The van der Waals surface area contributed by atoms with Crippen molar-refractivity contribution in [1.82, 2.24) is 4.72 Å². The first-order valence-corrected chi connectivity index (χ1v) is 5.36. The van der Waals surface area contributed by atoms with Crippen LogP contribution in [0.15, 0.2) is 22.6 Å². The largest absolute Gasteiger partial charge is 0.240 e. The van der Waals surface area contributed by atoms with Gasteiger partial charge in [-0.25, -0.2) is 13.1 Å². The van der Waals surface area contributed by atoms with Crippen LogP contribution in [0.3, 0.4) is 0 Å². The van der Waals surface area contributed by atoms with Crippen molar-refractivity contribution in [1.29, 1.82) is 0 Å². The standard InChI is InChI=1S/C8H13NO2S/c1-7-5-3-4-6-8(7)12(10,11)9-2/h4,6,9H,3,5H2,1-2H3. The zero-order chi connectivity index (χ0) is 9.19. The van der Waals surface area contributed by atoms with Crippen LogP contribution >= 0.6 is 0 Å². The lowest BCUT2D eigenvalue weighted by molar-refractivity contribution is 0.594. The average Bonchev–Trinajstić information content (AvgIpc) is 2.05. The third kappa shape index (κ3) is 1.76. The van der Waals surface area contributed by atoms with Crippen LogP contribution in [-0.4, -0.2) is 15.5 Å². The molecule has 0 fully saturated rings. The van der Waals surface area contributed by atoms with E-state index in [1.165, 1.54) is 7.05 Å². The fraction of sp³-hybridized carbons (Fsp3) is 0.500. The summed E-state index contributed by atoms with van der Waals surface area (Å²) in [5.41, 5.74) is 0.937. The zero-order valence-electron chi connectivity index (χ0n) is 7.29. The molecule has 0 bridgehead atoms. The molecule has 1 aliphatic carbocycles. The Balaban J connectivity index is 3.10. The molecule has 12 heavy (non-hydrogen) atoms. The Hall–Kier alpha value is -0.610. The van der Waals surface area contributed by atoms with Crippen LogP contribution in [0.25, 0.3) is 0 Å². The smallest absolute Gasteiger partial charge is 0.214 e. The fourth-order valence-electron chi connectivity index (χ4n) is 1.18. The van der Waals surface area contributed by atoms with Gasteiger partial charge in [-0.2, -0.15) is 0 Å². The van der Waals surface area contributed by atoms with E-state index in [1.807, 2.05) is 13.0 Å². The molecule has 0 saturated carbocycles. The Morgan fingerprint density at radius 2 is 2.17 bits per heavy atom. The maximum absolute atomic E-state index is 11.3. The number of sulfonamides is 1. The highest BCUT2D eigenvalue weighted by molar-refractivity contribution is 7.93. The van der Waals surface area contributed by atoms with Crippen LogP contribution in [0, 0.1) is 0 Å². The molecule has 0 spiro atoms. The molecule has 1 N–H and O–H groups in total. The van der Waals surface area contributed by atoms with E-state index in [2.05, 4.69) is 4.72 Å². The second-order valence-corrected chi connectivity index (χ2v) is 4.65. The Kier molecular flexibility index (Phi) is 2.69. The summed E-state index contributed by atoms with van der Waals surface area (Å²) in [6.07, 6.45) is 5.34. The number of nitrogens with one attached hydrogen (secondary N) is 1. The highest BCUT2D eigenvalue weighted by Crippen LogP contribution is 2.21. The molecule has 0 aromatic carbocycles. The third-order valence-electron chi connectivity index (χ3n) is 1.93. The van der Waals surface area contributed by atoms with Gasteiger partial charge in [0.1, 0.15) is 0 Å². The normalized spacial score (nSPS) is 18.5. The van der Waals surface area contributed by atoms with Gasteiger partial charge in [0.15, 0.2) is 0 Å². The number of allylic oxidation sites excluding steroid dienone is 3. The molecule has 0 aromatic heterocycles. The third-order valence-corrected chi connectivity index (χ3v) is 3.54. The zero-order valence-corrected chi connectivity index (χ0v) is 8.11. The summed E-state index contributed by atoms with van der Waals surface area (Å²) in [6, 6.07) is 0. The minimum atomic E-state index is -3.23. The molecule has 1 aliphatic rings. The van der Waals surface area contributed by atoms with Crippen molar-refractivity contribution in [2.24, 2.45) is 0 Å². The highest BCUT2D eigenvalue weighted by Gasteiger charge is 2.16. The summed E-state index contributed by atoms with van der Waals surface area (Å²) < 4.78 is 25.0. The van der Waals surface area contributed by atoms with E-state index < -0.39 is 10.0 Å². The summed E-state index contributed by atoms with van der Waals surface area (Å²) in [6.45, 7) is 1.85. The average molecular weight is 187 g/mol. The first-order valence-electron chi connectivity index (χ1n) is 3.88. The molecule has 0 aromatic rings. The molecule has 1 rings (SSSR count). The Morgan fingerprint density at radius 3 is 2.67 bits per heavy atom. The topological polar surface area (TPSA) is 46.2 Å². The van der Waals surface area contributed by atoms with Gasteiger partial charge in [-0.15, -0.1) is 0 Å². The van der Waals surface area contributed by atoms with E-state index in [4.69, 9.17) is 0 Å². The van der Waals surface area contributed by atoms with E-state index in [1.54, 1.807) is 6.08 Å². The van der Waals surface area contributed by atoms with E-state index in [9.17, 15) is 8.42 Å². The fourth-order valence-corrected chi connectivity index (χ4v) is 2.24. The van der Waals surface area contributed by atoms with Gasteiger partial charge in [-0.3, -0.25) is 0 Å². The van der Waals surface area contributed by atoms with Crippen LogP contribution in [0.2, 0.25) is 0 Å². The number of hydrogen-bond acceptors (Lipinski definition) is 2. The van der Waals surface area contributed by atoms with E-state index in [-0.39, 0.29) is 0 Å². The Labute approximate surface area is 73.2 Å². The minimum absolute atomic E-state index is 0.427. The summed E-state index contributed by atoms with van der Waals surface area (Å²) in [7, 11) is -1.80. The van der Waals surface area contributed by atoms with Crippen molar-refractivity contribution in [3.63, 3.8) is 0 Å². The second-order valence-electron chi connectivity index (χ2n) is 2.79. The molecular formula is C8H13NO2S. The van der Waals surface area contributed by atoms with E-state index in [0.717, 1.165) is 18.4 Å². The van der Waals surface area contributed by atoms with Crippen LogP contribution < -0.4 is 4.72 Å². The summed E-state index contributed by atoms with van der Waals surface area (Å²) in [5.74, 6) is 0. The monoisotopic (exact) mass is 187 g/mol. The van der Waals surface area contributed by atoms with Crippen molar-refractivity contribution >= 4 is 10.0 Å². The van der Waals surface area contributed by atoms with E-state index >= 15 is 0 Å². The maximum atomic E-state index is 11.3. The quantitative estimate of drug-likeness (QED) is 0.705. The van der Waals surface area contributed by atoms with Crippen molar-refractivity contribution < 1.29 is 8.42 Å². The molecule has 0 saturated heterocycles. The van der Waals surface area contributed by atoms with Crippen molar-refractivity contribution in [2.45, 2.75) is 19.8 Å². The van der Waals surface area contributed by atoms with Crippen LogP contribution in [0.1, 0.15) is 19.8 Å². The van der Waals surface area contributed by atoms with Crippen molar-refractivity contribution in [3.05, 3.63) is 22.6 Å². The van der Waals surface area contributed by atoms with Crippen molar-refractivity contribution in [3.8, 4) is 0 Å². The lowest BCUT2D eigenvalue weighted by Crippen LogP contribution is -2.21. The Morgan fingerprint density at radius 1 is 1.50 bits per heavy atom. The maximum Gasteiger partial charge on any atom is 0.240 e. The van der Waals surface area contributed by atoms with Crippen LogP contribution in [0.4, 0.5) is 0 Å². The van der Waals surface area contributed by atoms with E-state index in [0.29, 0.717) is 4.91 Å². The van der Waals surface area contributed by atoms with Gasteiger partial charge in [0.25, 0.3) is 0 Å². The van der Waals surface area contributed by atoms with Gasteiger partial charge in [-0.05, 0) is 32.9 Å².